The van der Waals surface area contributed by atoms with Gasteiger partial charge in [-0.15, -0.1) is 11.3 Å². The Morgan fingerprint density at radius 1 is 0.931 bits per heavy atom. The first-order valence-electron chi connectivity index (χ1n) is 8.69. The number of pyridine rings is 1. The van der Waals surface area contributed by atoms with Gasteiger partial charge in [0.25, 0.3) is 5.91 Å². The summed E-state index contributed by atoms with van der Waals surface area (Å²) in [6.45, 7) is 0. The van der Waals surface area contributed by atoms with E-state index < -0.39 is 0 Å². The van der Waals surface area contributed by atoms with E-state index in [9.17, 15) is 4.79 Å². The van der Waals surface area contributed by atoms with Crippen LogP contribution in [0.15, 0.2) is 73.0 Å². The van der Waals surface area contributed by atoms with Gasteiger partial charge in [0.05, 0.1) is 41.8 Å². The summed E-state index contributed by atoms with van der Waals surface area (Å²) in [5.41, 5.74) is 3.38. The second kappa shape index (κ2) is 7.21. The SMILES string of the molecule is O=C(Nc1nc(-c2ccc3ccccc3n2)cs1)c1cncn1-c1cncnc1. The van der Waals surface area contributed by atoms with Gasteiger partial charge in [0.2, 0.25) is 0 Å². The van der Waals surface area contributed by atoms with E-state index in [1.807, 2.05) is 41.8 Å². The van der Waals surface area contributed by atoms with Crippen molar-refractivity contribution in [2.45, 2.75) is 0 Å². The van der Waals surface area contributed by atoms with Crippen LogP contribution in [0.3, 0.4) is 0 Å². The summed E-state index contributed by atoms with van der Waals surface area (Å²) in [4.78, 5) is 33.9. The average molecular weight is 399 g/mol. The minimum atomic E-state index is -0.321. The van der Waals surface area contributed by atoms with Crippen LogP contribution in [0.25, 0.3) is 28.0 Å². The van der Waals surface area contributed by atoms with Crippen LogP contribution in [0.5, 0.6) is 0 Å². The van der Waals surface area contributed by atoms with E-state index >= 15 is 0 Å². The van der Waals surface area contributed by atoms with Crippen LogP contribution in [-0.2, 0) is 0 Å². The van der Waals surface area contributed by atoms with Crippen LogP contribution < -0.4 is 5.32 Å². The van der Waals surface area contributed by atoms with Crippen molar-refractivity contribution in [2.24, 2.45) is 0 Å². The number of rotatable bonds is 4. The number of hydrogen-bond donors (Lipinski definition) is 1. The molecule has 0 radical (unpaired) electrons. The molecule has 5 rings (SSSR count). The molecule has 4 heterocycles. The first-order chi connectivity index (χ1) is 14.3. The first-order valence-corrected chi connectivity index (χ1v) is 9.57. The normalized spacial score (nSPS) is 10.9. The third-order valence-electron chi connectivity index (χ3n) is 4.28. The van der Waals surface area contributed by atoms with E-state index in [1.165, 1.54) is 23.9 Å². The first kappa shape index (κ1) is 17.1. The quantitative estimate of drug-likeness (QED) is 0.496. The molecule has 0 saturated carbocycles. The van der Waals surface area contributed by atoms with Crippen molar-refractivity contribution in [1.82, 2.24) is 29.5 Å². The Morgan fingerprint density at radius 2 is 1.79 bits per heavy atom. The molecule has 0 atom stereocenters. The van der Waals surface area contributed by atoms with Crippen molar-refractivity contribution < 1.29 is 4.79 Å². The monoisotopic (exact) mass is 399 g/mol. The van der Waals surface area contributed by atoms with Gasteiger partial charge in [-0.25, -0.2) is 24.9 Å². The number of carbonyl (C=O) groups excluding carboxylic acids is 1. The molecule has 9 heteroatoms. The maximum Gasteiger partial charge on any atom is 0.276 e. The zero-order valence-corrected chi connectivity index (χ0v) is 15.7. The molecule has 0 spiro atoms. The van der Waals surface area contributed by atoms with Crippen molar-refractivity contribution in [3.05, 3.63) is 78.7 Å². The molecule has 1 N–H and O–H groups in total. The number of benzene rings is 1. The molecule has 0 aliphatic carbocycles. The van der Waals surface area contributed by atoms with Crippen molar-refractivity contribution in [3.8, 4) is 17.1 Å². The molecule has 29 heavy (non-hydrogen) atoms. The van der Waals surface area contributed by atoms with Crippen LogP contribution in [-0.4, -0.2) is 35.4 Å². The number of aromatic nitrogens is 6. The largest absolute Gasteiger partial charge is 0.296 e. The summed E-state index contributed by atoms with van der Waals surface area (Å²) in [5, 5.41) is 6.24. The van der Waals surface area contributed by atoms with Crippen LogP contribution in [0.2, 0.25) is 0 Å². The van der Waals surface area contributed by atoms with E-state index in [2.05, 4.69) is 30.2 Å². The predicted octanol–water partition coefficient (Wildman–Crippen LogP) is 3.59. The molecular weight excluding hydrogens is 386 g/mol. The molecule has 1 amide bonds. The Hall–Kier alpha value is -3.98. The van der Waals surface area contributed by atoms with Crippen LogP contribution in [0.1, 0.15) is 10.5 Å². The Morgan fingerprint density at radius 3 is 2.69 bits per heavy atom. The molecule has 4 aromatic heterocycles. The number of hydrogen-bond acceptors (Lipinski definition) is 7. The van der Waals surface area contributed by atoms with Gasteiger partial charge in [-0.3, -0.25) is 14.7 Å². The minimum absolute atomic E-state index is 0.321. The smallest absolute Gasteiger partial charge is 0.276 e. The van der Waals surface area contributed by atoms with Gasteiger partial charge in [0.15, 0.2) is 5.13 Å². The molecule has 140 valence electrons. The highest BCUT2D eigenvalue weighted by Crippen LogP contribution is 2.25. The molecule has 0 fully saturated rings. The molecule has 0 aliphatic rings. The van der Waals surface area contributed by atoms with Gasteiger partial charge in [0, 0.05) is 10.8 Å². The Balaban J connectivity index is 1.39. The number of thiazole rings is 1. The lowest BCUT2D eigenvalue weighted by atomic mass is 10.2. The summed E-state index contributed by atoms with van der Waals surface area (Å²) in [5.74, 6) is -0.321. The van der Waals surface area contributed by atoms with Gasteiger partial charge in [-0.05, 0) is 12.1 Å². The predicted molar refractivity (Wildman–Crippen MR) is 110 cm³/mol. The number of anilines is 1. The maximum absolute atomic E-state index is 12.7. The summed E-state index contributed by atoms with van der Waals surface area (Å²) < 4.78 is 1.62. The third kappa shape index (κ3) is 3.34. The Kier molecular flexibility index (Phi) is 4.26. The number of imidazole rings is 1. The fraction of sp³-hybridized carbons (Fsp3) is 0. The van der Waals surface area contributed by atoms with E-state index in [4.69, 9.17) is 0 Å². The molecular formula is C20H13N7OS. The summed E-state index contributed by atoms with van der Waals surface area (Å²) in [6.07, 6.45) is 7.68. The van der Waals surface area contributed by atoms with Crippen LogP contribution in [0.4, 0.5) is 5.13 Å². The van der Waals surface area contributed by atoms with Gasteiger partial charge < -0.3 is 0 Å². The molecule has 0 saturated heterocycles. The number of amides is 1. The molecule has 8 nitrogen and oxygen atoms in total. The molecule has 0 bridgehead atoms. The zero-order chi connectivity index (χ0) is 19.6. The van der Waals surface area contributed by atoms with Crippen LogP contribution >= 0.6 is 11.3 Å². The van der Waals surface area contributed by atoms with Crippen molar-refractivity contribution in [1.29, 1.82) is 0 Å². The zero-order valence-electron chi connectivity index (χ0n) is 14.9. The molecule has 0 aliphatic heterocycles. The molecule has 5 aromatic rings. The highest BCUT2D eigenvalue weighted by Gasteiger charge is 2.16. The number of carbonyl (C=O) groups is 1. The highest BCUT2D eigenvalue weighted by molar-refractivity contribution is 7.14. The van der Waals surface area contributed by atoms with Gasteiger partial charge >= 0.3 is 0 Å². The van der Waals surface area contributed by atoms with Gasteiger partial charge in [-0.1, -0.05) is 24.3 Å². The standard InChI is InChI=1S/C20H13N7OS/c28-19(18-9-23-12-27(18)14-7-21-11-22-8-14)26-20-25-17(10-29-20)16-6-5-13-3-1-2-4-15(13)24-16/h1-12H,(H,25,26,28). The molecule has 1 aromatic carbocycles. The fourth-order valence-electron chi connectivity index (χ4n) is 2.90. The Bertz CT molecular complexity index is 1310. The average Bonchev–Trinajstić information content (AvgIpc) is 3.44. The lowest BCUT2D eigenvalue weighted by Crippen LogP contribution is -2.16. The van der Waals surface area contributed by atoms with E-state index in [-0.39, 0.29) is 5.91 Å². The summed E-state index contributed by atoms with van der Waals surface area (Å²) >= 11 is 1.34. The second-order valence-corrected chi connectivity index (χ2v) is 6.98. The summed E-state index contributed by atoms with van der Waals surface area (Å²) in [6, 6.07) is 11.8. The van der Waals surface area contributed by atoms with E-state index in [0.29, 0.717) is 22.2 Å². The van der Waals surface area contributed by atoms with Crippen molar-refractivity contribution in [2.75, 3.05) is 5.32 Å². The van der Waals surface area contributed by atoms with Crippen molar-refractivity contribution >= 4 is 33.3 Å². The fourth-order valence-corrected chi connectivity index (χ4v) is 3.60. The van der Waals surface area contributed by atoms with E-state index in [0.717, 1.165) is 16.6 Å². The minimum Gasteiger partial charge on any atom is -0.296 e. The topological polar surface area (TPSA) is 98.5 Å². The van der Waals surface area contributed by atoms with Crippen LogP contribution in [0, 0.1) is 0 Å². The van der Waals surface area contributed by atoms with E-state index in [1.54, 1.807) is 23.3 Å². The number of para-hydroxylation sites is 1. The number of nitrogens with zero attached hydrogens (tertiary/aromatic N) is 6. The lowest BCUT2D eigenvalue weighted by Gasteiger charge is -2.06. The summed E-state index contributed by atoms with van der Waals surface area (Å²) in [7, 11) is 0. The lowest BCUT2D eigenvalue weighted by molar-refractivity contribution is 0.102. The second-order valence-electron chi connectivity index (χ2n) is 6.13. The van der Waals surface area contributed by atoms with Crippen molar-refractivity contribution in [3.63, 3.8) is 0 Å². The number of nitrogens with one attached hydrogen (secondary N) is 1. The molecule has 0 unspecified atom stereocenters. The maximum atomic E-state index is 12.7. The third-order valence-corrected chi connectivity index (χ3v) is 5.04. The highest BCUT2D eigenvalue weighted by atomic mass is 32.1. The Labute approximate surface area is 169 Å². The number of fused-ring (bicyclic) bond motifs is 1. The van der Waals surface area contributed by atoms with Gasteiger partial charge in [-0.2, -0.15) is 0 Å². The van der Waals surface area contributed by atoms with Gasteiger partial charge in [0.1, 0.15) is 17.7 Å².